The van der Waals surface area contributed by atoms with Gasteiger partial charge in [0, 0.05) is 0 Å². The van der Waals surface area contributed by atoms with E-state index in [4.69, 9.17) is 0 Å². The van der Waals surface area contributed by atoms with Gasteiger partial charge in [-0.05, 0) is 129 Å². The summed E-state index contributed by atoms with van der Waals surface area (Å²) in [4.78, 5) is 0. The summed E-state index contributed by atoms with van der Waals surface area (Å²) in [5.74, 6) is 7.43. The van der Waals surface area contributed by atoms with E-state index in [1.807, 2.05) is 0 Å². The second-order valence-electron chi connectivity index (χ2n) is 11.2. The summed E-state index contributed by atoms with van der Waals surface area (Å²) in [5.41, 5.74) is 1.37. The third kappa shape index (κ3) is 1.76. The first kappa shape index (κ1) is 15.1. The van der Waals surface area contributed by atoms with Crippen LogP contribution in [-0.4, -0.2) is 11.2 Å². The lowest BCUT2D eigenvalue weighted by molar-refractivity contribution is -0.137. The molecule has 24 heavy (non-hydrogen) atoms. The van der Waals surface area contributed by atoms with Gasteiger partial charge in [0.05, 0.1) is 6.10 Å². The molecule has 0 aromatic carbocycles. The van der Waals surface area contributed by atoms with Gasteiger partial charge >= 0.3 is 0 Å². The minimum atomic E-state index is 0.00978. The van der Waals surface area contributed by atoms with Crippen molar-refractivity contribution in [2.24, 2.45) is 52.3 Å². The van der Waals surface area contributed by atoms with Gasteiger partial charge in [0.15, 0.2) is 0 Å². The Morgan fingerprint density at radius 3 is 2.38 bits per heavy atom. The molecule has 6 fully saturated rings. The van der Waals surface area contributed by atoms with E-state index in [0.717, 1.165) is 59.7 Å². The molecule has 1 heteroatoms. The van der Waals surface area contributed by atoms with Crippen molar-refractivity contribution < 1.29 is 5.11 Å². The van der Waals surface area contributed by atoms with Gasteiger partial charge in [0.2, 0.25) is 0 Å². The van der Waals surface area contributed by atoms with E-state index in [1.165, 1.54) is 25.7 Å². The van der Waals surface area contributed by atoms with Crippen LogP contribution in [0.3, 0.4) is 0 Å². The lowest BCUT2D eigenvalue weighted by atomic mass is 9.43. The van der Waals surface area contributed by atoms with Gasteiger partial charge in [-0.1, -0.05) is 6.92 Å². The number of rotatable bonds is 0. The van der Waals surface area contributed by atoms with Crippen LogP contribution >= 0.6 is 0 Å². The second kappa shape index (κ2) is 4.81. The van der Waals surface area contributed by atoms with Crippen LogP contribution in [0.25, 0.3) is 0 Å². The molecule has 134 valence electrons. The zero-order valence-electron chi connectivity index (χ0n) is 15.6. The van der Waals surface area contributed by atoms with Crippen molar-refractivity contribution in [3.8, 4) is 0 Å². The highest BCUT2D eigenvalue weighted by atomic mass is 16.3. The Kier molecular flexibility index (Phi) is 3.02. The molecule has 1 N–H and O–H groups in total. The summed E-state index contributed by atoms with van der Waals surface area (Å²) in [6.07, 6.45) is 17.5. The Bertz CT molecular complexity index is 542. The fraction of sp³-hybridized carbons (Fsp3) is 1.00. The molecule has 10 atom stereocenters. The summed E-state index contributed by atoms with van der Waals surface area (Å²) in [5, 5.41) is 10.2. The molecule has 1 spiro atoms. The van der Waals surface area contributed by atoms with Crippen molar-refractivity contribution in [2.45, 2.75) is 90.1 Å². The van der Waals surface area contributed by atoms with E-state index in [2.05, 4.69) is 6.92 Å². The summed E-state index contributed by atoms with van der Waals surface area (Å²) in [6.45, 7) is 2.64. The second-order valence-corrected chi connectivity index (χ2v) is 11.2. The zero-order valence-corrected chi connectivity index (χ0v) is 15.6. The maximum absolute atomic E-state index is 10.2. The summed E-state index contributed by atoms with van der Waals surface area (Å²) < 4.78 is 0. The molecule has 0 saturated heterocycles. The van der Waals surface area contributed by atoms with Crippen molar-refractivity contribution in [3.05, 3.63) is 0 Å². The number of aliphatic hydroxyl groups excluding tert-OH is 1. The van der Waals surface area contributed by atoms with Gasteiger partial charge < -0.3 is 5.11 Å². The largest absolute Gasteiger partial charge is 0.393 e. The molecule has 0 bridgehead atoms. The molecule has 0 aromatic rings. The third-order valence-corrected chi connectivity index (χ3v) is 10.9. The predicted molar refractivity (Wildman–Crippen MR) is 96.4 cm³/mol. The number of fused-ring (bicyclic) bond motifs is 6. The number of hydrogen-bond donors (Lipinski definition) is 1. The molecule has 1 nitrogen and oxygen atoms in total. The zero-order chi connectivity index (χ0) is 16.1. The lowest BCUT2D eigenvalue weighted by Crippen LogP contribution is -2.55. The highest BCUT2D eigenvalue weighted by Gasteiger charge is 2.66. The minimum Gasteiger partial charge on any atom is -0.393 e. The standard InChI is InChI=1S/C23H36O/c1-22-9-7-16(24)13-15(22)2-3-17-19(22)8-11-23-10-6-14-12-18(14)21(23)5-4-20(17)23/h14-21,24H,2-13H2,1H3/t14-,15-,16+,17?,18+,19?,20?,21+,22-,23-/m0/s1. The van der Waals surface area contributed by atoms with E-state index >= 15 is 0 Å². The first-order chi connectivity index (χ1) is 11.6. The molecule has 6 rings (SSSR count). The maximum Gasteiger partial charge on any atom is 0.0543 e. The first-order valence-electron chi connectivity index (χ1n) is 11.3. The van der Waals surface area contributed by atoms with Crippen LogP contribution in [0.15, 0.2) is 0 Å². The summed E-state index contributed by atoms with van der Waals surface area (Å²) in [7, 11) is 0. The molecule has 6 saturated carbocycles. The van der Waals surface area contributed by atoms with Crippen molar-refractivity contribution >= 4 is 0 Å². The first-order valence-corrected chi connectivity index (χ1v) is 11.3. The average Bonchev–Trinajstić information content (AvgIpc) is 3.26. The van der Waals surface area contributed by atoms with E-state index in [9.17, 15) is 5.11 Å². The topological polar surface area (TPSA) is 20.2 Å². The lowest BCUT2D eigenvalue weighted by Gasteiger charge is -2.62. The highest BCUT2D eigenvalue weighted by Crippen LogP contribution is 2.74. The minimum absolute atomic E-state index is 0.00978. The van der Waals surface area contributed by atoms with Crippen molar-refractivity contribution in [2.75, 3.05) is 0 Å². The molecular formula is C23H36O. The van der Waals surface area contributed by atoms with Crippen LogP contribution in [0.5, 0.6) is 0 Å². The summed E-state index contributed by atoms with van der Waals surface area (Å²) >= 11 is 0. The predicted octanol–water partition coefficient (Wildman–Crippen LogP) is 5.42. The Morgan fingerprint density at radius 2 is 1.50 bits per heavy atom. The van der Waals surface area contributed by atoms with Gasteiger partial charge in [-0.15, -0.1) is 0 Å². The van der Waals surface area contributed by atoms with Gasteiger partial charge in [0.25, 0.3) is 0 Å². The van der Waals surface area contributed by atoms with Gasteiger partial charge in [-0.25, -0.2) is 0 Å². The molecule has 0 aromatic heterocycles. The van der Waals surface area contributed by atoms with Crippen molar-refractivity contribution in [3.63, 3.8) is 0 Å². The molecule has 0 heterocycles. The van der Waals surface area contributed by atoms with Crippen LogP contribution < -0.4 is 0 Å². The fourth-order valence-corrected chi connectivity index (χ4v) is 9.77. The smallest absolute Gasteiger partial charge is 0.0543 e. The Labute approximate surface area is 148 Å². The number of hydrogen-bond acceptors (Lipinski definition) is 1. The normalized spacial score (nSPS) is 64.2. The molecular weight excluding hydrogens is 292 g/mol. The van der Waals surface area contributed by atoms with Crippen LogP contribution in [0, 0.1) is 52.3 Å². The molecule has 0 aliphatic heterocycles. The van der Waals surface area contributed by atoms with Gasteiger partial charge in [-0.3, -0.25) is 0 Å². The van der Waals surface area contributed by atoms with E-state index < -0.39 is 0 Å². The van der Waals surface area contributed by atoms with Crippen LogP contribution in [-0.2, 0) is 0 Å². The van der Waals surface area contributed by atoms with Crippen molar-refractivity contribution in [1.29, 1.82) is 0 Å². The Balaban J connectivity index is 1.32. The van der Waals surface area contributed by atoms with Crippen molar-refractivity contribution in [1.82, 2.24) is 0 Å². The van der Waals surface area contributed by atoms with Crippen LogP contribution in [0.1, 0.15) is 84.0 Å². The van der Waals surface area contributed by atoms with E-state index in [0.29, 0.717) is 5.41 Å². The number of aliphatic hydroxyl groups is 1. The van der Waals surface area contributed by atoms with E-state index in [1.54, 1.807) is 38.5 Å². The average molecular weight is 329 g/mol. The van der Waals surface area contributed by atoms with Gasteiger partial charge in [-0.2, -0.15) is 0 Å². The molecule has 0 amide bonds. The van der Waals surface area contributed by atoms with Crippen LogP contribution in [0.4, 0.5) is 0 Å². The Hall–Kier alpha value is -0.0400. The third-order valence-electron chi connectivity index (χ3n) is 10.9. The SMILES string of the molecule is C[C@]12CC[C@@H](O)C[C@@H]1CCC1C3CC[C@@H]4[C@@H]5C[C@@H]5CC[C@]34CCC12. The fourth-order valence-electron chi connectivity index (χ4n) is 9.77. The highest BCUT2D eigenvalue weighted by molar-refractivity contribution is 5.15. The monoisotopic (exact) mass is 328 g/mol. The van der Waals surface area contributed by atoms with Gasteiger partial charge in [0.1, 0.15) is 0 Å². The summed E-state index contributed by atoms with van der Waals surface area (Å²) in [6, 6.07) is 0. The molecule has 6 aliphatic rings. The quantitative estimate of drug-likeness (QED) is 0.630. The maximum atomic E-state index is 10.2. The Morgan fingerprint density at radius 1 is 0.708 bits per heavy atom. The molecule has 6 aliphatic carbocycles. The van der Waals surface area contributed by atoms with Crippen LogP contribution in [0.2, 0.25) is 0 Å². The molecule has 3 unspecified atom stereocenters. The van der Waals surface area contributed by atoms with E-state index in [-0.39, 0.29) is 6.10 Å². The molecule has 0 radical (unpaired) electrons.